The Morgan fingerprint density at radius 3 is 2.53 bits per heavy atom. The summed E-state index contributed by atoms with van der Waals surface area (Å²) in [6.07, 6.45) is 10.1. The minimum atomic E-state index is -0.340. The second-order valence-corrected chi connectivity index (χ2v) is 5.10. The zero-order chi connectivity index (χ0) is 11.9. The van der Waals surface area contributed by atoms with Crippen molar-refractivity contribution in [1.82, 2.24) is 0 Å². The van der Waals surface area contributed by atoms with Crippen LogP contribution in [-0.2, 0) is 0 Å². The van der Waals surface area contributed by atoms with Gasteiger partial charge in [-0.05, 0) is 10.9 Å². The van der Waals surface area contributed by atoms with E-state index in [2.05, 4.69) is 44.0 Å². The van der Waals surface area contributed by atoms with Gasteiger partial charge in [-0.25, -0.2) is 0 Å². The number of hydrogen-bond donors (Lipinski definition) is 0. The van der Waals surface area contributed by atoms with Gasteiger partial charge < -0.3 is 0 Å². The van der Waals surface area contributed by atoms with Crippen LogP contribution in [0.15, 0.2) is 36.0 Å². The number of rotatable bonds is 2. The highest BCUT2D eigenvalue weighted by Crippen LogP contribution is 2.31. The van der Waals surface area contributed by atoms with Crippen molar-refractivity contribution >= 4 is 39.7 Å². The summed E-state index contributed by atoms with van der Waals surface area (Å²) in [5, 5.41) is 0.548. The maximum absolute atomic E-state index is 6.02. The van der Waals surface area contributed by atoms with Crippen molar-refractivity contribution in [1.29, 1.82) is 0 Å². The first kappa shape index (κ1) is 15.2. The average molecular weight is 332 g/mol. The van der Waals surface area contributed by atoms with Gasteiger partial charge in [-0.15, -0.1) is 0 Å². The van der Waals surface area contributed by atoms with E-state index in [-0.39, 0.29) is 5.31 Å². The molecule has 2 radical (unpaired) electrons. The Hall–Kier alpha value is 0.245. The first-order chi connectivity index (χ1) is 7.05. The third kappa shape index (κ3) is 5.77. The van der Waals surface area contributed by atoms with Crippen molar-refractivity contribution < 1.29 is 0 Å². The monoisotopic (exact) mass is 330 g/mol. The van der Waals surface area contributed by atoms with Gasteiger partial charge in [0.25, 0.3) is 0 Å². The summed E-state index contributed by atoms with van der Waals surface area (Å²) in [4.78, 5) is 0.325. The Kier molecular flexibility index (Phi) is 7.63. The van der Waals surface area contributed by atoms with Crippen LogP contribution >= 0.6 is 31.9 Å². The smallest absolute Gasteiger partial charge is 0.0854 e. The molecule has 15 heavy (non-hydrogen) atoms. The fourth-order valence-electron chi connectivity index (χ4n) is 1.17. The summed E-state index contributed by atoms with van der Waals surface area (Å²) in [5.74, 6) is 0. The highest BCUT2D eigenvalue weighted by atomic mass is 79.9. The minimum absolute atomic E-state index is 0.325. The summed E-state index contributed by atoms with van der Waals surface area (Å²) in [6, 6.07) is 0. The van der Waals surface area contributed by atoms with Gasteiger partial charge in [0.2, 0.25) is 0 Å². The topological polar surface area (TPSA) is 0 Å². The Labute approximate surface area is 112 Å². The maximum atomic E-state index is 6.02. The number of hydrogen-bond acceptors (Lipinski definition) is 0. The Morgan fingerprint density at radius 1 is 1.40 bits per heavy atom. The average Bonchev–Trinajstić information content (AvgIpc) is 2.41. The molecule has 82 valence electrons. The van der Waals surface area contributed by atoms with Crippen molar-refractivity contribution in [3.05, 3.63) is 36.0 Å². The van der Waals surface area contributed by atoms with Crippen molar-refractivity contribution in [3.63, 3.8) is 0 Å². The highest BCUT2D eigenvalue weighted by Gasteiger charge is 2.15. The predicted octanol–water partition coefficient (Wildman–Crippen LogP) is 4.57. The molecule has 2 atom stereocenters. The van der Waals surface area contributed by atoms with Crippen LogP contribution < -0.4 is 0 Å². The third-order valence-corrected chi connectivity index (χ3v) is 4.20. The molecule has 0 spiro atoms. The molecule has 1 aliphatic carbocycles. The predicted molar refractivity (Wildman–Crippen MR) is 78.3 cm³/mol. The van der Waals surface area contributed by atoms with Crippen LogP contribution in [0.2, 0.25) is 5.31 Å². The molecule has 0 saturated heterocycles. The highest BCUT2D eigenvalue weighted by molar-refractivity contribution is 9.12. The lowest BCUT2D eigenvalue weighted by molar-refractivity contribution is 0.953. The van der Waals surface area contributed by atoms with Crippen LogP contribution in [0, 0.1) is 0 Å². The van der Waals surface area contributed by atoms with Crippen LogP contribution in [0.4, 0.5) is 0 Å². The van der Waals surface area contributed by atoms with Crippen molar-refractivity contribution in [2.75, 3.05) is 5.33 Å². The molecular formula is C12H17BBr2. The fraction of sp³-hybridized carbons (Fsp3) is 0.500. The second-order valence-electron chi connectivity index (χ2n) is 3.35. The van der Waals surface area contributed by atoms with Gasteiger partial charge in [-0.3, -0.25) is 0 Å². The summed E-state index contributed by atoms with van der Waals surface area (Å²) in [5.41, 5.74) is 1.21. The Balaban J connectivity index is 0.000000921. The zero-order valence-electron chi connectivity index (χ0n) is 9.50. The fourth-order valence-corrected chi connectivity index (χ4v) is 1.83. The van der Waals surface area contributed by atoms with Gasteiger partial charge in [0.1, 0.15) is 0 Å². The molecule has 0 aromatic carbocycles. The van der Waals surface area contributed by atoms with Crippen LogP contribution in [0.5, 0.6) is 0 Å². The van der Waals surface area contributed by atoms with E-state index < -0.39 is 0 Å². The molecule has 0 nitrogen and oxygen atoms in total. The van der Waals surface area contributed by atoms with Crippen LogP contribution in [0.25, 0.3) is 0 Å². The molecule has 2 unspecified atom stereocenters. The van der Waals surface area contributed by atoms with Gasteiger partial charge in [0.05, 0.1) is 7.85 Å². The normalized spacial score (nSPS) is 26.1. The molecule has 0 bridgehead atoms. The number of alkyl halides is 2. The number of allylic oxidation sites excluding steroid dienone is 6. The van der Waals surface area contributed by atoms with E-state index >= 15 is 0 Å². The van der Waals surface area contributed by atoms with Crippen LogP contribution in [0.1, 0.15) is 20.8 Å². The Bertz CT molecular complexity index is 265. The SMILES string of the molecule is CC.[B]C1(C)C=CC=CC(C(Br)CBr)=C1. The van der Waals surface area contributed by atoms with E-state index in [0.29, 0.717) is 4.83 Å². The second kappa shape index (κ2) is 7.51. The van der Waals surface area contributed by atoms with Gasteiger partial charge in [0.15, 0.2) is 0 Å². The molecule has 0 aliphatic heterocycles. The first-order valence-corrected chi connectivity index (χ1v) is 7.16. The maximum Gasteiger partial charge on any atom is 0.0854 e. The van der Waals surface area contributed by atoms with Gasteiger partial charge >= 0.3 is 0 Å². The quantitative estimate of drug-likeness (QED) is 0.513. The van der Waals surface area contributed by atoms with Crippen molar-refractivity contribution in [2.24, 2.45) is 0 Å². The Morgan fingerprint density at radius 2 is 2.00 bits per heavy atom. The molecule has 0 aromatic rings. The van der Waals surface area contributed by atoms with E-state index in [9.17, 15) is 0 Å². The van der Waals surface area contributed by atoms with E-state index in [1.165, 1.54) is 5.57 Å². The lowest BCUT2D eigenvalue weighted by atomic mass is 9.69. The molecule has 0 saturated carbocycles. The lowest BCUT2D eigenvalue weighted by Crippen LogP contribution is -2.06. The standard InChI is InChI=1S/C10H11BBr2.C2H6/c1-10(11)5-3-2-4-8(6-10)9(13)7-12;1-2/h2-6,9H,7H2,1H3;1-2H3. The summed E-state index contributed by atoms with van der Waals surface area (Å²) >= 11 is 7.01. The van der Waals surface area contributed by atoms with E-state index in [0.717, 1.165) is 5.33 Å². The molecule has 0 heterocycles. The van der Waals surface area contributed by atoms with Gasteiger partial charge in [-0.1, -0.05) is 83.0 Å². The third-order valence-electron chi connectivity index (χ3n) is 1.83. The minimum Gasteiger partial charge on any atom is -0.0912 e. The summed E-state index contributed by atoms with van der Waals surface area (Å²) in [6.45, 7) is 5.99. The summed E-state index contributed by atoms with van der Waals surface area (Å²) in [7, 11) is 6.02. The van der Waals surface area contributed by atoms with Crippen molar-refractivity contribution in [3.8, 4) is 0 Å². The van der Waals surface area contributed by atoms with E-state index in [1.807, 2.05) is 39.0 Å². The molecule has 0 amide bonds. The van der Waals surface area contributed by atoms with E-state index in [4.69, 9.17) is 7.85 Å². The molecular weight excluding hydrogens is 315 g/mol. The van der Waals surface area contributed by atoms with E-state index in [1.54, 1.807) is 0 Å². The zero-order valence-corrected chi connectivity index (χ0v) is 12.7. The molecule has 0 aromatic heterocycles. The van der Waals surface area contributed by atoms with Crippen LogP contribution in [-0.4, -0.2) is 18.0 Å². The largest absolute Gasteiger partial charge is 0.0912 e. The summed E-state index contributed by atoms with van der Waals surface area (Å²) < 4.78 is 0. The molecule has 1 rings (SSSR count). The molecule has 0 fully saturated rings. The van der Waals surface area contributed by atoms with Crippen LogP contribution in [0.3, 0.4) is 0 Å². The van der Waals surface area contributed by atoms with Crippen molar-refractivity contribution in [2.45, 2.75) is 30.9 Å². The molecule has 0 N–H and O–H groups in total. The van der Waals surface area contributed by atoms with Gasteiger partial charge in [-0.2, -0.15) is 0 Å². The first-order valence-electron chi connectivity index (χ1n) is 5.13. The molecule has 3 heteroatoms. The number of halogens is 2. The molecule has 1 aliphatic rings. The lowest BCUT2D eigenvalue weighted by Gasteiger charge is -2.17. The van der Waals surface area contributed by atoms with Gasteiger partial charge in [0, 0.05) is 10.2 Å².